The summed E-state index contributed by atoms with van der Waals surface area (Å²) in [6.07, 6.45) is 6.62. The zero-order valence-corrected chi connectivity index (χ0v) is 8.82. The molecule has 1 aromatic heterocycles. The van der Waals surface area contributed by atoms with Gasteiger partial charge in [-0.15, -0.1) is 5.10 Å². The van der Waals surface area contributed by atoms with Crippen molar-refractivity contribution in [2.24, 2.45) is 5.92 Å². The van der Waals surface area contributed by atoms with E-state index in [1.807, 2.05) is 6.20 Å². The van der Waals surface area contributed by atoms with Gasteiger partial charge in [0, 0.05) is 12.3 Å². The molecule has 4 heteroatoms. The lowest BCUT2D eigenvalue weighted by Gasteiger charge is -2.06. The molecular weight excluding hydrogens is 188 g/mol. The van der Waals surface area contributed by atoms with Gasteiger partial charge in [0.1, 0.15) is 0 Å². The van der Waals surface area contributed by atoms with Gasteiger partial charge in [-0.2, -0.15) is 5.10 Å². The van der Waals surface area contributed by atoms with Crippen LogP contribution in [-0.2, 0) is 6.42 Å². The van der Waals surface area contributed by atoms with Crippen molar-refractivity contribution < 1.29 is 0 Å². The summed E-state index contributed by atoms with van der Waals surface area (Å²) < 4.78 is 0. The van der Waals surface area contributed by atoms with E-state index < -0.39 is 0 Å². The smallest absolute Gasteiger partial charge is 0.151 e. The second-order valence-corrected chi connectivity index (χ2v) is 4.63. The molecule has 1 N–H and O–H groups in total. The molecule has 1 aliphatic heterocycles. The Morgan fingerprint density at radius 1 is 1.33 bits per heavy atom. The zero-order chi connectivity index (χ0) is 10.1. The van der Waals surface area contributed by atoms with Crippen molar-refractivity contribution in [2.45, 2.75) is 31.6 Å². The third-order valence-corrected chi connectivity index (χ3v) is 3.25. The van der Waals surface area contributed by atoms with Crippen LogP contribution in [-0.4, -0.2) is 28.3 Å². The molecule has 15 heavy (non-hydrogen) atoms. The van der Waals surface area contributed by atoms with Crippen molar-refractivity contribution in [2.75, 3.05) is 13.1 Å². The van der Waals surface area contributed by atoms with Crippen LogP contribution in [0.1, 0.15) is 36.7 Å². The van der Waals surface area contributed by atoms with Gasteiger partial charge in [-0.05, 0) is 38.3 Å². The minimum absolute atomic E-state index is 0.681. The van der Waals surface area contributed by atoms with Crippen LogP contribution < -0.4 is 5.32 Å². The topological polar surface area (TPSA) is 50.7 Å². The summed E-state index contributed by atoms with van der Waals surface area (Å²) in [5.74, 6) is 2.33. The van der Waals surface area contributed by atoms with E-state index in [9.17, 15) is 0 Å². The highest BCUT2D eigenvalue weighted by Crippen LogP contribution is 2.38. The fourth-order valence-corrected chi connectivity index (χ4v) is 2.16. The van der Waals surface area contributed by atoms with Gasteiger partial charge >= 0.3 is 0 Å². The normalized spacial score (nSPS) is 25.7. The predicted molar refractivity (Wildman–Crippen MR) is 56.5 cm³/mol. The van der Waals surface area contributed by atoms with Crippen molar-refractivity contribution >= 4 is 0 Å². The van der Waals surface area contributed by atoms with E-state index in [2.05, 4.69) is 20.5 Å². The van der Waals surface area contributed by atoms with Crippen LogP contribution in [0.4, 0.5) is 0 Å². The second-order valence-electron chi connectivity index (χ2n) is 4.63. The van der Waals surface area contributed by atoms with E-state index in [4.69, 9.17) is 0 Å². The highest BCUT2D eigenvalue weighted by Gasteiger charge is 2.26. The van der Waals surface area contributed by atoms with E-state index in [-0.39, 0.29) is 0 Å². The van der Waals surface area contributed by atoms with E-state index in [1.54, 1.807) is 0 Å². The van der Waals surface area contributed by atoms with Crippen LogP contribution in [0.3, 0.4) is 0 Å². The van der Waals surface area contributed by atoms with Crippen LogP contribution in [0.25, 0.3) is 0 Å². The molecule has 1 atom stereocenters. The van der Waals surface area contributed by atoms with E-state index in [0.717, 1.165) is 31.0 Å². The SMILES string of the molecule is c1nnc(CC2CCNC2)nc1C1CC1. The molecule has 3 rings (SSSR count). The molecule has 0 aromatic carbocycles. The maximum Gasteiger partial charge on any atom is 0.151 e. The van der Waals surface area contributed by atoms with Gasteiger partial charge in [0.05, 0.1) is 11.9 Å². The van der Waals surface area contributed by atoms with Crippen LogP contribution in [0.15, 0.2) is 6.20 Å². The number of hydrogen-bond acceptors (Lipinski definition) is 4. The maximum atomic E-state index is 4.60. The number of rotatable bonds is 3. The highest BCUT2D eigenvalue weighted by atomic mass is 15.1. The molecule has 2 aliphatic rings. The lowest BCUT2D eigenvalue weighted by molar-refractivity contribution is 0.552. The van der Waals surface area contributed by atoms with Gasteiger partial charge in [0.25, 0.3) is 0 Å². The summed E-state index contributed by atoms with van der Waals surface area (Å²) in [6.45, 7) is 2.25. The molecule has 0 radical (unpaired) electrons. The summed E-state index contributed by atoms with van der Waals surface area (Å²) in [7, 11) is 0. The number of hydrogen-bond donors (Lipinski definition) is 1. The van der Waals surface area contributed by atoms with Crippen LogP contribution in [0, 0.1) is 5.92 Å². The standard InChI is InChI=1S/C11H16N4/c1-2-9(1)10-7-13-15-11(14-10)5-8-3-4-12-6-8/h7-9,12H,1-6H2. The fraction of sp³-hybridized carbons (Fsp3) is 0.727. The Morgan fingerprint density at radius 3 is 3.00 bits per heavy atom. The Balaban J connectivity index is 1.70. The molecule has 1 saturated carbocycles. The Labute approximate surface area is 89.5 Å². The molecule has 2 heterocycles. The first-order chi connectivity index (χ1) is 7.42. The first-order valence-corrected chi connectivity index (χ1v) is 5.81. The summed E-state index contributed by atoms with van der Waals surface area (Å²) in [6, 6.07) is 0. The number of aromatic nitrogens is 3. The molecule has 80 valence electrons. The molecule has 2 fully saturated rings. The molecule has 1 unspecified atom stereocenters. The molecule has 1 aliphatic carbocycles. The molecule has 1 aromatic rings. The molecule has 1 saturated heterocycles. The Morgan fingerprint density at radius 2 is 2.27 bits per heavy atom. The van der Waals surface area contributed by atoms with Crippen molar-refractivity contribution in [3.05, 3.63) is 17.7 Å². The summed E-state index contributed by atoms with van der Waals surface area (Å²) in [5, 5.41) is 11.5. The molecule has 0 amide bonds. The van der Waals surface area contributed by atoms with E-state index >= 15 is 0 Å². The third-order valence-electron chi connectivity index (χ3n) is 3.25. The Bertz CT molecular complexity index is 342. The Kier molecular flexibility index (Phi) is 2.37. The van der Waals surface area contributed by atoms with Crippen LogP contribution in [0.2, 0.25) is 0 Å². The van der Waals surface area contributed by atoms with Gasteiger partial charge in [0.2, 0.25) is 0 Å². The molecule has 4 nitrogen and oxygen atoms in total. The summed E-state index contributed by atoms with van der Waals surface area (Å²) in [5.41, 5.74) is 1.16. The lowest BCUT2D eigenvalue weighted by Crippen LogP contribution is -2.13. The van der Waals surface area contributed by atoms with Crippen molar-refractivity contribution in [3.8, 4) is 0 Å². The van der Waals surface area contributed by atoms with Crippen molar-refractivity contribution in [3.63, 3.8) is 0 Å². The van der Waals surface area contributed by atoms with Gasteiger partial charge in [-0.25, -0.2) is 4.98 Å². The molecule has 0 spiro atoms. The molecule has 0 bridgehead atoms. The fourth-order valence-electron chi connectivity index (χ4n) is 2.16. The van der Waals surface area contributed by atoms with Crippen LogP contribution in [0.5, 0.6) is 0 Å². The number of nitrogens with zero attached hydrogens (tertiary/aromatic N) is 3. The summed E-state index contributed by atoms with van der Waals surface area (Å²) in [4.78, 5) is 4.60. The minimum Gasteiger partial charge on any atom is -0.316 e. The maximum absolute atomic E-state index is 4.60. The highest BCUT2D eigenvalue weighted by molar-refractivity contribution is 5.10. The molecular formula is C11H16N4. The third kappa shape index (κ3) is 2.15. The average Bonchev–Trinajstić information content (AvgIpc) is 3.00. The van der Waals surface area contributed by atoms with Crippen LogP contribution >= 0.6 is 0 Å². The van der Waals surface area contributed by atoms with Gasteiger partial charge in [-0.1, -0.05) is 0 Å². The van der Waals surface area contributed by atoms with Gasteiger partial charge < -0.3 is 5.32 Å². The lowest BCUT2D eigenvalue weighted by atomic mass is 10.0. The first kappa shape index (κ1) is 9.21. The van der Waals surface area contributed by atoms with Crippen molar-refractivity contribution in [1.82, 2.24) is 20.5 Å². The first-order valence-electron chi connectivity index (χ1n) is 5.81. The predicted octanol–water partition coefficient (Wildman–Crippen LogP) is 0.901. The zero-order valence-electron chi connectivity index (χ0n) is 8.82. The minimum atomic E-state index is 0.681. The van der Waals surface area contributed by atoms with E-state index in [0.29, 0.717) is 11.8 Å². The quantitative estimate of drug-likeness (QED) is 0.794. The van der Waals surface area contributed by atoms with Crippen molar-refractivity contribution in [1.29, 1.82) is 0 Å². The van der Waals surface area contributed by atoms with E-state index in [1.165, 1.54) is 19.3 Å². The second kappa shape index (κ2) is 3.85. The largest absolute Gasteiger partial charge is 0.316 e. The monoisotopic (exact) mass is 204 g/mol. The average molecular weight is 204 g/mol. The number of nitrogens with one attached hydrogen (secondary N) is 1. The Hall–Kier alpha value is -1.03. The van der Waals surface area contributed by atoms with Gasteiger partial charge in [-0.3, -0.25) is 0 Å². The summed E-state index contributed by atoms with van der Waals surface area (Å²) >= 11 is 0. The van der Waals surface area contributed by atoms with Gasteiger partial charge in [0.15, 0.2) is 5.82 Å².